The van der Waals surface area contributed by atoms with E-state index in [1.165, 1.54) is 18.2 Å². The first kappa shape index (κ1) is 18.6. The number of ether oxygens (including phenoxy) is 1. The van der Waals surface area contributed by atoms with E-state index in [1.54, 1.807) is 36.5 Å². The molecule has 0 atom stereocenters. The Bertz CT molecular complexity index is 1200. The van der Waals surface area contributed by atoms with E-state index in [2.05, 4.69) is 15.3 Å². The number of aromatic amines is 1. The van der Waals surface area contributed by atoms with Crippen LogP contribution < -0.4 is 10.1 Å². The van der Waals surface area contributed by atoms with Gasteiger partial charge < -0.3 is 15.0 Å². The number of nitro benzene ring substituents is 1. The molecule has 0 spiro atoms. The molecule has 9 heteroatoms. The van der Waals surface area contributed by atoms with E-state index in [4.69, 9.17) is 4.74 Å². The monoisotopic (exact) mass is 408 g/mol. The first-order valence-electron chi connectivity index (χ1n) is 8.81. The van der Waals surface area contributed by atoms with Gasteiger partial charge in [-0.05, 0) is 48.7 Å². The van der Waals surface area contributed by atoms with Gasteiger partial charge in [0.15, 0.2) is 5.75 Å². The van der Waals surface area contributed by atoms with Crippen LogP contribution >= 0.6 is 11.3 Å². The van der Waals surface area contributed by atoms with Gasteiger partial charge in [0, 0.05) is 17.3 Å². The smallest absolute Gasteiger partial charge is 0.311 e. The first-order valence-corrected chi connectivity index (χ1v) is 9.69. The average Bonchev–Trinajstić information content (AvgIpc) is 3.37. The number of nitrogens with zero attached hydrogens (tertiary/aromatic N) is 2. The Balaban J connectivity index is 1.58. The van der Waals surface area contributed by atoms with Gasteiger partial charge in [-0.1, -0.05) is 6.07 Å². The minimum Gasteiger partial charge on any atom is -0.487 e. The van der Waals surface area contributed by atoms with Crippen molar-refractivity contribution < 1.29 is 14.5 Å². The molecule has 2 aromatic heterocycles. The normalized spacial score (nSPS) is 10.8. The van der Waals surface area contributed by atoms with E-state index in [0.29, 0.717) is 12.3 Å². The second kappa shape index (κ2) is 7.72. The molecule has 2 aromatic carbocycles. The molecule has 0 unspecified atom stereocenters. The average molecular weight is 408 g/mol. The third kappa shape index (κ3) is 3.81. The molecule has 0 saturated carbocycles. The van der Waals surface area contributed by atoms with Crippen LogP contribution in [-0.4, -0.2) is 27.4 Å². The summed E-state index contributed by atoms with van der Waals surface area (Å²) in [6.45, 7) is 2.03. The molecule has 2 heterocycles. The van der Waals surface area contributed by atoms with Gasteiger partial charge in [0.2, 0.25) is 0 Å². The molecule has 8 nitrogen and oxygen atoms in total. The van der Waals surface area contributed by atoms with Crippen molar-refractivity contribution in [3.05, 3.63) is 69.6 Å². The molecular weight excluding hydrogens is 392 g/mol. The van der Waals surface area contributed by atoms with Gasteiger partial charge in [-0.2, -0.15) is 0 Å². The number of carbonyl (C=O) groups excluding carboxylic acids is 1. The Morgan fingerprint density at radius 1 is 1.28 bits per heavy atom. The van der Waals surface area contributed by atoms with Crippen molar-refractivity contribution in [1.29, 1.82) is 0 Å². The maximum absolute atomic E-state index is 12.6. The van der Waals surface area contributed by atoms with Gasteiger partial charge in [0.05, 0.1) is 27.4 Å². The lowest BCUT2D eigenvalue weighted by molar-refractivity contribution is -0.385. The Labute approximate surface area is 169 Å². The molecule has 0 saturated heterocycles. The molecule has 4 rings (SSSR count). The number of hydrogen-bond acceptors (Lipinski definition) is 6. The number of amides is 1. The molecule has 2 N–H and O–H groups in total. The van der Waals surface area contributed by atoms with Crippen molar-refractivity contribution in [2.75, 3.05) is 11.9 Å². The van der Waals surface area contributed by atoms with Crippen LogP contribution in [0.15, 0.2) is 53.9 Å². The van der Waals surface area contributed by atoms with Crippen LogP contribution in [0.3, 0.4) is 0 Å². The van der Waals surface area contributed by atoms with E-state index < -0.39 is 10.8 Å². The summed E-state index contributed by atoms with van der Waals surface area (Å²) in [5.41, 5.74) is 2.04. The minimum absolute atomic E-state index is 0.133. The number of rotatable bonds is 6. The summed E-state index contributed by atoms with van der Waals surface area (Å²) in [7, 11) is 0. The molecule has 0 bridgehead atoms. The molecule has 0 aliphatic heterocycles. The maximum Gasteiger partial charge on any atom is 0.311 e. The van der Waals surface area contributed by atoms with E-state index in [-0.39, 0.29) is 17.0 Å². The number of nitrogens with one attached hydrogen (secondary N) is 2. The van der Waals surface area contributed by atoms with Gasteiger partial charge >= 0.3 is 5.69 Å². The lowest BCUT2D eigenvalue weighted by Gasteiger charge is -2.08. The maximum atomic E-state index is 12.6. The van der Waals surface area contributed by atoms with Crippen molar-refractivity contribution in [1.82, 2.24) is 9.97 Å². The predicted molar refractivity (Wildman–Crippen MR) is 112 cm³/mol. The van der Waals surface area contributed by atoms with Crippen molar-refractivity contribution in [3.63, 3.8) is 0 Å². The van der Waals surface area contributed by atoms with Crippen LogP contribution in [-0.2, 0) is 0 Å². The van der Waals surface area contributed by atoms with Gasteiger partial charge in [0.25, 0.3) is 5.91 Å². The van der Waals surface area contributed by atoms with Crippen LogP contribution in [0.5, 0.6) is 5.75 Å². The van der Waals surface area contributed by atoms with Gasteiger partial charge in [-0.3, -0.25) is 14.9 Å². The van der Waals surface area contributed by atoms with Crippen LogP contribution in [0, 0.1) is 10.1 Å². The number of fused-ring (bicyclic) bond motifs is 1. The van der Waals surface area contributed by atoms with E-state index in [9.17, 15) is 14.9 Å². The van der Waals surface area contributed by atoms with Crippen molar-refractivity contribution >= 4 is 39.7 Å². The fourth-order valence-electron chi connectivity index (χ4n) is 2.90. The molecule has 146 valence electrons. The highest BCUT2D eigenvalue weighted by Gasteiger charge is 2.19. The van der Waals surface area contributed by atoms with E-state index in [0.717, 1.165) is 21.7 Å². The molecule has 0 aliphatic carbocycles. The largest absolute Gasteiger partial charge is 0.487 e. The molecule has 0 aliphatic rings. The Hall–Kier alpha value is -3.72. The first-order chi connectivity index (χ1) is 14.0. The van der Waals surface area contributed by atoms with Gasteiger partial charge in [-0.25, -0.2) is 4.98 Å². The summed E-state index contributed by atoms with van der Waals surface area (Å²) in [5.74, 6) is 0.447. The topological polar surface area (TPSA) is 110 Å². The fourth-order valence-corrected chi connectivity index (χ4v) is 3.57. The Kier molecular flexibility index (Phi) is 4.96. The van der Waals surface area contributed by atoms with Crippen molar-refractivity contribution in [2.45, 2.75) is 6.92 Å². The summed E-state index contributed by atoms with van der Waals surface area (Å²) in [6, 6.07) is 13.4. The summed E-state index contributed by atoms with van der Waals surface area (Å²) in [6.07, 6.45) is 0. The molecule has 1 amide bonds. The van der Waals surface area contributed by atoms with Crippen molar-refractivity contribution in [2.24, 2.45) is 0 Å². The number of aromatic nitrogens is 2. The van der Waals surface area contributed by atoms with Gasteiger partial charge in [0.1, 0.15) is 5.82 Å². The zero-order valence-electron chi connectivity index (χ0n) is 15.3. The lowest BCUT2D eigenvalue weighted by Crippen LogP contribution is -2.12. The van der Waals surface area contributed by atoms with Crippen LogP contribution in [0.4, 0.5) is 11.4 Å². The SMILES string of the molecule is CCOc1ccc(C(=O)Nc2ccc3nc(-c4cccs4)[nH]c3c2)cc1[N+](=O)[O-]. The van der Waals surface area contributed by atoms with Crippen molar-refractivity contribution in [3.8, 4) is 16.5 Å². The number of anilines is 1. The number of benzene rings is 2. The standard InChI is InChI=1S/C20H16N4O4S/c1-2-28-17-8-5-12(10-16(17)24(26)27)20(25)21-13-6-7-14-15(11-13)23-19(22-14)18-4-3-9-29-18/h3-11H,2H2,1H3,(H,21,25)(H,22,23). The summed E-state index contributed by atoms with van der Waals surface area (Å²) >= 11 is 1.58. The highest BCUT2D eigenvalue weighted by molar-refractivity contribution is 7.13. The zero-order chi connectivity index (χ0) is 20.4. The van der Waals surface area contributed by atoms with E-state index >= 15 is 0 Å². The molecule has 0 fully saturated rings. The minimum atomic E-state index is -0.565. The number of H-pyrrole nitrogens is 1. The molecular formula is C20H16N4O4S. The Morgan fingerprint density at radius 2 is 2.14 bits per heavy atom. The summed E-state index contributed by atoms with van der Waals surface area (Å²) < 4.78 is 5.25. The second-order valence-electron chi connectivity index (χ2n) is 6.12. The number of nitro groups is 1. The number of carbonyl (C=O) groups is 1. The molecule has 4 aromatic rings. The van der Waals surface area contributed by atoms with Crippen LogP contribution in [0.25, 0.3) is 21.7 Å². The predicted octanol–water partition coefficient (Wildman–Crippen LogP) is 4.85. The summed E-state index contributed by atoms with van der Waals surface area (Å²) in [5, 5.41) is 16.0. The number of imidazole rings is 1. The zero-order valence-corrected chi connectivity index (χ0v) is 16.2. The Morgan fingerprint density at radius 3 is 2.86 bits per heavy atom. The highest BCUT2D eigenvalue weighted by atomic mass is 32.1. The quantitative estimate of drug-likeness (QED) is 0.350. The second-order valence-corrected chi connectivity index (χ2v) is 7.07. The molecule has 0 radical (unpaired) electrons. The fraction of sp³-hybridized carbons (Fsp3) is 0.100. The molecule has 29 heavy (non-hydrogen) atoms. The third-order valence-corrected chi connectivity index (χ3v) is 5.09. The van der Waals surface area contributed by atoms with Crippen LogP contribution in [0.2, 0.25) is 0 Å². The third-order valence-electron chi connectivity index (χ3n) is 4.21. The lowest BCUT2D eigenvalue weighted by atomic mass is 10.1. The van der Waals surface area contributed by atoms with Crippen LogP contribution in [0.1, 0.15) is 17.3 Å². The van der Waals surface area contributed by atoms with Gasteiger partial charge in [-0.15, -0.1) is 11.3 Å². The summed E-state index contributed by atoms with van der Waals surface area (Å²) in [4.78, 5) is 32.1. The highest BCUT2D eigenvalue weighted by Crippen LogP contribution is 2.29. The number of hydrogen-bond donors (Lipinski definition) is 2. The number of thiophene rings is 1. The van der Waals surface area contributed by atoms with E-state index in [1.807, 2.05) is 17.5 Å².